The maximum absolute atomic E-state index is 9.74. The van der Waals surface area contributed by atoms with Gasteiger partial charge in [0, 0.05) is 0 Å². The van der Waals surface area contributed by atoms with E-state index in [1.54, 1.807) is 0 Å². The number of unbranched alkanes of at least 4 members (excludes halogenated alkanes) is 15. The Morgan fingerprint density at radius 1 is 0.588 bits per heavy atom. The highest BCUT2D eigenvalue weighted by atomic mass is 31.2. The Morgan fingerprint density at radius 2 is 1.00 bits per heavy atom. The Kier molecular flexibility index (Phi) is 23.5. The molecule has 0 aliphatic carbocycles. The fourth-order valence-electron chi connectivity index (χ4n) is 3.68. The van der Waals surface area contributed by atoms with Crippen molar-refractivity contribution in [2.75, 3.05) is 13.2 Å². The summed E-state index contributed by atoms with van der Waals surface area (Å²) in [4.78, 5) is 9.69. The molecule has 0 rings (SSSR count). The van der Waals surface area contributed by atoms with E-state index in [9.17, 15) is 30.4 Å². The quantitative estimate of drug-likeness (QED) is 0.0551. The maximum atomic E-state index is 9.74. The van der Waals surface area contributed by atoms with Gasteiger partial charge in [0.05, 0.1) is 13.2 Å². The summed E-state index contributed by atoms with van der Waals surface area (Å²) in [5.74, 6) is 0. The third kappa shape index (κ3) is 18.4. The van der Waals surface area contributed by atoms with E-state index in [1.165, 1.54) is 83.5 Å². The van der Waals surface area contributed by atoms with E-state index in [-0.39, 0.29) is 6.61 Å². The Morgan fingerprint density at radius 3 is 1.41 bits per heavy atom. The maximum Gasteiger partial charge on any atom is 0.332 e. The smallest absolute Gasteiger partial charge is 0.332 e. The van der Waals surface area contributed by atoms with Crippen LogP contribution in [0.5, 0.6) is 0 Å². The SMILES string of the molecule is CCCCCCCCCCCCCCCCCCOP(O)OC(O)[C@H](O)[C@@H](O)[C@H](O)[C@H](O)CO. The molecule has 6 atom stereocenters. The Labute approximate surface area is 207 Å². The average molecular weight is 515 g/mol. The first-order valence-electron chi connectivity index (χ1n) is 13.1. The molecule has 0 aliphatic rings. The summed E-state index contributed by atoms with van der Waals surface area (Å²) in [5, 5.41) is 56.6. The average Bonchev–Trinajstić information content (AvgIpc) is 2.83. The highest BCUT2D eigenvalue weighted by Gasteiger charge is 2.35. The van der Waals surface area contributed by atoms with E-state index in [1.807, 2.05) is 0 Å². The molecule has 0 saturated carbocycles. The van der Waals surface area contributed by atoms with E-state index in [4.69, 9.17) is 14.2 Å². The van der Waals surface area contributed by atoms with Crippen molar-refractivity contribution in [3.05, 3.63) is 0 Å². The van der Waals surface area contributed by atoms with Gasteiger partial charge in [-0.15, -0.1) is 0 Å². The molecule has 0 bridgehead atoms. The van der Waals surface area contributed by atoms with Crippen molar-refractivity contribution in [2.45, 2.75) is 140 Å². The van der Waals surface area contributed by atoms with Crippen LogP contribution in [0.25, 0.3) is 0 Å². The molecule has 0 aromatic heterocycles. The van der Waals surface area contributed by atoms with Crippen LogP contribution in [-0.4, -0.2) is 79.5 Å². The van der Waals surface area contributed by atoms with Gasteiger partial charge >= 0.3 is 8.60 Å². The molecular formula is C24H51O9P. The fourth-order valence-corrected chi connectivity index (χ4v) is 4.34. The van der Waals surface area contributed by atoms with Crippen molar-refractivity contribution in [1.29, 1.82) is 0 Å². The van der Waals surface area contributed by atoms with Crippen LogP contribution >= 0.6 is 8.60 Å². The lowest BCUT2D eigenvalue weighted by Gasteiger charge is -2.28. The molecular weight excluding hydrogens is 463 g/mol. The van der Waals surface area contributed by atoms with Gasteiger partial charge in [-0.25, -0.2) is 0 Å². The van der Waals surface area contributed by atoms with E-state index < -0.39 is 45.9 Å². The highest BCUT2D eigenvalue weighted by Crippen LogP contribution is 2.35. The minimum Gasteiger partial charge on any atom is -0.394 e. The third-order valence-corrected chi connectivity index (χ3v) is 6.77. The molecule has 0 saturated heterocycles. The predicted octanol–water partition coefficient (Wildman–Crippen LogP) is 3.25. The standard InChI is InChI=1S/C24H51O9P/c1-2-3-4-5-6-7-8-9-10-11-12-13-14-15-16-17-18-32-34(31)33-24(30)23(29)22(28)21(27)20(26)19-25/h20-31H,2-19H2,1H3/t20-,21-,22+,23-,24?,34?/m1/s1. The van der Waals surface area contributed by atoms with Crippen LogP contribution < -0.4 is 0 Å². The number of aliphatic hydroxyl groups is 6. The lowest BCUT2D eigenvalue weighted by atomic mass is 10.0. The second-order valence-electron chi connectivity index (χ2n) is 9.09. The molecule has 0 aromatic carbocycles. The van der Waals surface area contributed by atoms with Crippen LogP contribution in [0.2, 0.25) is 0 Å². The van der Waals surface area contributed by atoms with Gasteiger partial charge in [-0.3, -0.25) is 4.52 Å². The molecule has 0 amide bonds. The van der Waals surface area contributed by atoms with Crippen LogP contribution in [0.1, 0.15) is 110 Å². The Hall–Kier alpha value is 0.0700. The Balaban J connectivity index is 3.54. The summed E-state index contributed by atoms with van der Waals surface area (Å²) in [6, 6.07) is 0. The Bertz CT molecular complexity index is 433. The van der Waals surface area contributed by atoms with Crippen molar-refractivity contribution in [3.8, 4) is 0 Å². The zero-order chi connectivity index (χ0) is 25.6. The summed E-state index contributed by atoms with van der Waals surface area (Å²) in [7, 11) is -2.47. The molecule has 0 spiro atoms. The molecule has 10 heteroatoms. The van der Waals surface area contributed by atoms with E-state index in [0.717, 1.165) is 19.3 Å². The van der Waals surface area contributed by atoms with E-state index in [0.29, 0.717) is 0 Å². The van der Waals surface area contributed by atoms with Crippen molar-refractivity contribution < 1.29 is 44.6 Å². The number of rotatable bonds is 25. The van der Waals surface area contributed by atoms with Gasteiger partial charge in [0.15, 0.2) is 6.29 Å². The zero-order valence-corrected chi connectivity index (χ0v) is 21.9. The molecule has 0 aliphatic heterocycles. The molecule has 0 heterocycles. The van der Waals surface area contributed by atoms with Crippen molar-refractivity contribution >= 4 is 8.60 Å². The van der Waals surface area contributed by atoms with E-state index in [2.05, 4.69) is 6.92 Å². The molecule has 9 nitrogen and oxygen atoms in total. The summed E-state index contributed by atoms with van der Waals surface area (Å²) in [5.41, 5.74) is 0. The largest absolute Gasteiger partial charge is 0.394 e. The van der Waals surface area contributed by atoms with E-state index >= 15 is 0 Å². The first-order valence-corrected chi connectivity index (χ1v) is 14.3. The van der Waals surface area contributed by atoms with Crippen molar-refractivity contribution in [3.63, 3.8) is 0 Å². The van der Waals surface area contributed by atoms with Gasteiger partial charge in [-0.1, -0.05) is 103 Å². The molecule has 0 fully saturated rings. The van der Waals surface area contributed by atoms with Gasteiger partial charge in [-0.2, -0.15) is 0 Å². The van der Waals surface area contributed by atoms with Crippen molar-refractivity contribution in [2.24, 2.45) is 0 Å². The van der Waals surface area contributed by atoms with Crippen LogP contribution in [0.3, 0.4) is 0 Å². The topological polar surface area (TPSA) is 160 Å². The monoisotopic (exact) mass is 514 g/mol. The second-order valence-corrected chi connectivity index (χ2v) is 10.0. The number of hydrogen-bond donors (Lipinski definition) is 7. The highest BCUT2D eigenvalue weighted by molar-refractivity contribution is 7.40. The molecule has 0 radical (unpaired) electrons. The molecule has 7 N–H and O–H groups in total. The molecule has 0 aromatic rings. The first-order chi connectivity index (χ1) is 16.3. The van der Waals surface area contributed by atoms with Crippen LogP contribution in [0, 0.1) is 0 Å². The minimum absolute atomic E-state index is 0.234. The van der Waals surface area contributed by atoms with Crippen LogP contribution in [-0.2, 0) is 9.05 Å². The third-order valence-electron chi connectivity index (χ3n) is 5.97. The summed E-state index contributed by atoms with van der Waals surface area (Å²) < 4.78 is 9.80. The minimum atomic E-state index is -2.47. The van der Waals surface area contributed by atoms with Crippen LogP contribution in [0.15, 0.2) is 0 Å². The normalized spacial score (nSPS) is 17.3. The fraction of sp³-hybridized carbons (Fsp3) is 1.00. The predicted molar refractivity (Wildman–Crippen MR) is 133 cm³/mol. The summed E-state index contributed by atoms with van der Waals surface area (Å²) in [6.45, 7) is 1.65. The molecule has 206 valence electrons. The van der Waals surface area contributed by atoms with Crippen LogP contribution in [0.4, 0.5) is 0 Å². The van der Waals surface area contributed by atoms with Gasteiger partial charge in [0.2, 0.25) is 0 Å². The first kappa shape index (κ1) is 34.1. The summed E-state index contributed by atoms with van der Waals surface area (Å²) in [6.07, 6.45) is 10.4. The lowest BCUT2D eigenvalue weighted by molar-refractivity contribution is -0.183. The second kappa shape index (κ2) is 23.5. The number of hydrogen-bond acceptors (Lipinski definition) is 9. The lowest BCUT2D eigenvalue weighted by Crippen LogP contribution is -2.50. The van der Waals surface area contributed by atoms with Gasteiger partial charge in [0.1, 0.15) is 24.4 Å². The van der Waals surface area contributed by atoms with Crippen molar-refractivity contribution in [1.82, 2.24) is 0 Å². The van der Waals surface area contributed by atoms with Gasteiger partial charge in [0.25, 0.3) is 0 Å². The van der Waals surface area contributed by atoms with Gasteiger partial charge < -0.3 is 40.1 Å². The number of aliphatic hydroxyl groups excluding tert-OH is 6. The van der Waals surface area contributed by atoms with Gasteiger partial charge in [-0.05, 0) is 6.42 Å². The molecule has 2 unspecified atom stereocenters. The zero-order valence-electron chi connectivity index (χ0n) is 21.0. The molecule has 34 heavy (non-hydrogen) atoms. The summed E-state index contributed by atoms with van der Waals surface area (Å²) >= 11 is 0.